The molecule has 0 bridgehead atoms. The number of nitrogens with zero attached hydrogens (tertiary/aromatic N) is 4. The minimum atomic E-state index is -4.64. The fourth-order valence-corrected chi connectivity index (χ4v) is 2.90. The lowest BCUT2D eigenvalue weighted by molar-refractivity contribution is -0.203. The van der Waals surface area contributed by atoms with Gasteiger partial charge in [0, 0.05) is 18.9 Å². The Kier molecular flexibility index (Phi) is 3.38. The summed E-state index contributed by atoms with van der Waals surface area (Å²) in [5.41, 5.74) is 0. The maximum absolute atomic E-state index is 12.3. The third-order valence-electron chi connectivity index (χ3n) is 3.10. The highest BCUT2D eigenvalue weighted by Gasteiger charge is 2.39. The molecule has 1 N–H and O–H groups in total. The fraction of sp³-hybridized carbons (Fsp3) is 0.700. The second kappa shape index (κ2) is 4.93. The predicted octanol–water partition coefficient (Wildman–Crippen LogP) is 1.16. The van der Waals surface area contributed by atoms with E-state index in [1.54, 1.807) is 0 Å². The lowest BCUT2D eigenvalue weighted by atomic mass is 10.1. The number of hydrogen-bond donors (Lipinski definition) is 1. The molecular formula is C10H11F3N4O2S. The molecule has 6 nitrogen and oxygen atoms in total. The molecule has 110 valence electrons. The van der Waals surface area contributed by atoms with Crippen LogP contribution < -0.4 is 0 Å². The Labute approximate surface area is 115 Å². The molecular weight excluding hydrogens is 297 g/mol. The van der Waals surface area contributed by atoms with Crippen molar-refractivity contribution < 1.29 is 23.0 Å². The Hall–Kier alpha value is -1.26. The third kappa shape index (κ3) is 2.50. The van der Waals surface area contributed by atoms with Crippen LogP contribution in [0, 0.1) is 0 Å². The molecule has 0 aromatic carbocycles. The van der Waals surface area contributed by atoms with E-state index >= 15 is 0 Å². The molecule has 2 aromatic rings. The van der Waals surface area contributed by atoms with Crippen molar-refractivity contribution in [3.63, 3.8) is 0 Å². The van der Waals surface area contributed by atoms with Gasteiger partial charge in [-0.3, -0.25) is 0 Å². The number of aromatic nitrogens is 4. The number of hydrogen-bond acceptors (Lipinski definition) is 6. The van der Waals surface area contributed by atoms with Crippen molar-refractivity contribution in [2.45, 2.75) is 31.0 Å². The number of alkyl halides is 3. The van der Waals surface area contributed by atoms with E-state index in [0.29, 0.717) is 24.0 Å². The van der Waals surface area contributed by atoms with Crippen LogP contribution >= 0.6 is 11.3 Å². The fourth-order valence-electron chi connectivity index (χ4n) is 2.03. The number of aliphatic hydroxyl groups is 1. The maximum atomic E-state index is 12.3. The topological polar surface area (TPSA) is 72.5 Å². The van der Waals surface area contributed by atoms with Gasteiger partial charge in [-0.25, -0.2) is 0 Å². The summed E-state index contributed by atoms with van der Waals surface area (Å²) in [7, 11) is 0. The number of fused-ring (bicyclic) bond motifs is 1. The van der Waals surface area contributed by atoms with Crippen molar-refractivity contribution in [1.29, 1.82) is 0 Å². The second-order valence-corrected chi connectivity index (χ2v) is 5.61. The van der Waals surface area contributed by atoms with Crippen LogP contribution in [0.2, 0.25) is 0 Å². The number of aliphatic hydroxyl groups excluding tert-OH is 1. The van der Waals surface area contributed by atoms with Crippen LogP contribution in [0.15, 0.2) is 0 Å². The molecule has 3 heterocycles. The highest BCUT2D eigenvalue weighted by atomic mass is 32.1. The Morgan fingerprint density at radius 1 is 1.45 bits per heavy atom. The van der Waals surface area contributed by atoms with E-state index in [0.717, 1.165) is 17.8 Å². The van der Waals surface area contributed by atoms with Gasteiger partial charge in [0.2, 0.25) is 4.96 Å². The van der Waals surface area contributed by atoms with Crippen LogP contribution in [0.5, 0.6) is 0 Å². The van der Waals surface area contributed by atoms with Gasteiger partial charge < -0.3 is 9.84 Å². The number of halogens is 3. The first-order valence-electron chi connectivity index (χ1n) is 5.98. The van der Waals surface area contributed by atoms with Crippen molar-refractivity contribution in [3.8, 4) is 0 Å². The van der Waals surface area contributed by atoms with E-state index in [1.165, 1.54) is 4.52 Å². The monoisotopic (exact) mass is 308 g/mol. The zero-order valence-electron chi connectivity index (χ0n) is 10.2. The van der Waals surface area contributed by atoms with Gasteiger partial charge in [-0.15, -0.1) is 10.2 Å². The van der Waals surface area contributed by atoms with E-state index in [9.17, 15) is 13.2 Å². The molecule has 0 amide bonds. The van der Waals surface area contributed by atoms with Gasteiger partial charge in [0.15, 0.2) is 11.9 Å². The van der Waals surface area contributed by atoms with Gasteiger partial charge in [0.05, 0.1) is 6.61 Å². The van der Waals surface area contributed by atoms with E-state index < -0.39 is 18.7 Å². The molecule has 20 heavy (non-hydrogen) atoms. The molecule has 2 aromatic heterocycles. The van der Waals surface area contributed by atoms with Crippen molar-refractivity contribution in [2.75, 3.05) is 13.2 Å². The Morgan fingerprint density at radius 2 is 2.25 bits per heavy atom. The Balaban J connectivity index is 1.84. The molecule has 0 radical (unpaired) electrons. The van der Waals surface area contributed by atoms with Gasteiger partial charge >= 0.3 is 6.18 Å². The van der Waals surface area contributed by atoms with E-state index in [2.05, 4.69) is 15.3 Å². The summed E-state index contributed by atoms with van der Waals surface area (Å²) in [5.74, 6) is 0.661. The molecule has 2 atom stereocenters. The first-order chi connectivity index (χ1) is 9.45. The lowest BCUT2D eigenvalue weighted by Crippen LogP contribution is -2.30. The molecule has 10 heteroatoms. The van der Waals surface area contributed by atoms with Crippen LogP contribution in [0.1, 0.15) is 23.2 Å². The SMILES string of the molecule is OC(Cc1nn2c(C3CCOC3)nnc2s1)C(F)(F)F. The van der Waals surface area contributed by atoms with Gasteiger partial charge in [-0.05, 0) is 6.42 Å². The van der Waals surface area contributed by atoms with Gasteiger partial charge in [-0.2, -0.15) is 22.8 Å². The molecule has 1 aliphatic rings. The molecule has 3 rings (SSSR count). The molecule has 2 unspecified atom stereocenters. The summed E-state index contributed by atoms with van der Waals surface area (Å²) in [6, 6.07) is 0. The largest absolute Gasteiger partial charge is 0.414 e. The van der Waals surface area contributed by atoms with Crippen LogP contribution in [0.3, 0.4) is 0 Å². The summed E-state index contributed by atoms with van der Waals surface area (Å²) in [5, 5.41) is 21.2. The minimum absolute atomic E-state index is 0.0625. The average Bonchev–Trinajstić information content (AvgIpc) is 3.01. The molecule has 1 saturated heterocycles. The molecule has 1 aliphatic heterocycles. The third-order valence-corrected chi connectivity index (χ3v) is 4.02. The molecule has 0 aliphatic carbocycles. The first kappa shape index (κ1) is 13.7. The summed E-state index contributed by atoms with van der Waals surface area (Å²) >= 11 is 0.999. The van der Waals surface area contributed by atoms with E-state index in [1.807, 2.05) is 0 Å². The van der Waals surface area contributed by atoms with Crippen LogP contribution in [-0.2, 0) is 11.2 Å². The summed E-state index contributed by atoms with van der Waals surface area (Å²) in [6.07, 6.45) is -6.84. The summed E-state index contributed by atoms with van der Waals surface area (Å²) < 4.78 is 43.6. The van der Waals surface area contributed by atoms with Crippen molar-refractivity contribution in [2.24, 2.45) is 0 Å². The van der Waals surface area contributed by atoms with Gasteiger partial charge in [-0.1, -0.05) is 11.3 Å². The normalized spacial score (nSPS) is 21.7. The summed E-state index contributed by atoms with van der Waals surface area (Å²) in [6.45, 7) is 1.14. The van der Waals surface area contributed by atoms with Crippen LogP contribution in [0.4, 0.5) is 13.2 Å². The van der Waals surface area contributed by atoms with Crippen molar-refractivity contribution >= 4 is 16.3 Å². The average molecular weight is 308 g/mol. The lowest BCUT2D eigenvalue weighted by Gasteiger charge is -2.12. The first-order valence-corrected chi connectivity index (χ1v) is 6.80. The highest BCUT2D eigenvalue weighted by Crippen LogP contribution is 2.28. The van der Waals surface area contributed by atoms with Crippen LogP contribution in [0.25, 0.3) is 4.96 Å². The van der Waals surface area contributed by atoms with E-state index in [-0.39, 0.29) is 10.9 Å². The molecule has 0 saturated carbocycles. The quantitative estimate of drug-likeness (QED) is 0.921. The smallest absolute Gasteiger partial charge is 0.383 e. The van der Waals surface area contributed by atoms with E-state index in [4.69, 9.17) is 9.84 Å². The highest BCUT2D eigenvalue weighted by molar-refractivity contribution is 7.16. The van der Waals surface area contributed by atoms with Crippen molar-refractivity contribution in [3.05, 3.63) is 10.8 Å². The standard InChI is InChI=1S/C10H11F3N4O2S/c11-10(12,13)6(18)3-7-16-17-8(5-1-2-19-4-5)14-15-9(17)20-7/h5-6,18H,1-4H2. The minimum Gasteiger partial charge on any atom is -0.383 e. The van der Waals surface area contributed by atoms with Crippen molar-refractivity contribution in [1.82, 2.24) is 19.8 Å². The van der Waals surface area contributed by atoms with Gasteiger partial charge in [0.25, 0.3) is 0 Å². The Morgan fingerprint density at radius 3 is 2.90 bits per heavy atom. The van der Waals surface area contributed by atoms with Gasteiger partial charge in [0.1, 0.15) is 5.01 Å². The number of rotatable bonds is 3. The Bertz CT molecular complexity index is 605. The number of ether oxygens (including phenoxy) is 1. The second-order valence-electron chi connectivity index (χ2n) is 4.57. The zero-order valence-corrected chi connectivity index (χ0v) is 11.0. The predicted molar refractivity (Wildman–Crippen MR) is 62.6 cm³/mol. The zero-order chi connectivity index (χ0) is 14.3. The maximum Gasteiger partial charge on any atom is 0.414 e. The molecule has 1 fully saturated rings. The van der Waals surface area contributed by atoms with Crippen LogP contribution in [-0.4, -0.2) is 50.4 Å². The summed E-state index contributed by atoms with van der Waals surface area (Å²) in [4.78, 5) is 0.427. The molecule has 0 spiro atoms.